The average molecular weight is 324 g/mol. The van der Waals surface area contributed by atoms with Gasteiger partial charge in [-0.15, -0.1) is 0 Å². The van der Waals surface area contributed by atoms with Gasteiger partial charge in [-0.2, -0.15) is 0 Å². The zero-order chi connectivity index (χ0) is 16.5. The smallest absolute Gasteiger partial charge is 0.231 e. The highest BCUT2D eigenvalue weighted by Gasteiger charge is 2.17. The number of rotatable bonds is 4. The highest BCUT2D eigenvalue weighted by atomic mass is 16.7. The van der Waals surface area contributed by atoms with Crippen molar-refractivity contribution in [1.29, 1.82) is 0 Å². The van der Waals surface area contributed by atoms with Gasteiger partial charge in [-0.1, -0.05) is 23.4 Å². The number of benzene rings is 2. The molecule has 2 heterocycles. The number of aromatic nitrogens is 1. The van der Waals surface area contributed by atoms with Crippen LogP contribution in [0.15, 0.2) is 47.0 Å². The van der Waals surface area contributed by atoms with Crippen molar-refractivity contribution in [3.63, 3.8) is 0 Å². The third-order valence-corrected chi connectivity index (χ3v) is 4.05. The highest BCUT2D eigenvalue weighted by Crippen LogP contribution is 2.32. The number of hydrogen-bond acceptors (Lipinski definition) is 5. The SMILES string of the molecule is CN(Cc1ccc2c(c1)OCO2)C(=O)Cc1noc2ccccc12. The summed E-state index contributed by atoms with van der Waals surface area (Å²) in [6, 6.07) is 13.2. The Hall–Kier alpha value is -3.02. The molecule has 6 heteroatoms. The molecule has 0 unspecified atom stereocenters. The lowest BCUT2D eigenvalue weighted by atomic mass is 10.1. The van der Waals surface area contributed by atoms with Gasteiger partial charge >= 0.3 is 0 Å². The number of fused-ring (bicyclic) bond motifs is 2. The van der Waals surface area contributed by atoms with E-state index in [1.165, 1.54) is 0 Å². The largest absolute Gasteiger partial charge is 0.454 e. The number of para-hydroxylation sites is 1. The van der Waals surface area contributed by atoms with Gasteiger partial charge in [-0.3, -0.25) is 4.79 Å². The minimum atomic E-state index is -0.0216. The van der Waals surface area contributed by atoms with Crippen molar-refractivity contribution in [3.8, 4) is 11.5 Å². The first-order chi connectivity index (χ1) is 11.7. The van der Waals surface area contributed by atoms with E-state index >= 15 is 0 Å². The molecule has 3 aromatic rings. The Morgan fingerprint density at radius 2 is 2.00 bits per heavy atom. The van der Waals surface area contributed by atoms with Crippen LogP contribution in [0.25, 0.3) is 11.0 Å². The molecule has 1 amide bonds. The van der Waals surface area contributed by atoms with Crippen molar-refractivity contribution in [2.75, 3.05) is 13.8 Å². The lowest BCUT2D eigenvalue weighted by Gasteiger charge is -2.17. The predicted octanol–water partition coefficient (Wildman–Crippen LogP) is 2.76. The van der Waals surface area contributed by atoms with E-state index < -0.39 is 0 Å². The fourth-order valence-corrected chi connectivity index (χ4v) is 2.75. The summed E-state index contributed by atoms with van der Waals surface area (Å²) in [5, 5.41) is 4.89. The average Bonchev–Trinajstić information content (AvgIpc) is 3.21. The maximum absolute atomic E-state index is 12.5. The molecule has 0 saturated carbocycles. The van der Waals surface area contributed by atoms with Crippen LogP contribution in [0.5, 0.6) is 11.5 Å². The molecule has 0 atom stereocenters. The van der Waals surface area contributed by atoms with Crippen molar-refractivity contribution in [1.82, 2.24) is 10.1 Å². The summed E-state index contributed by atoms with van der Waals surface area (Å²) in [6.07, 6.45) is 0.206. The molecule has 1 aliphatic heterocycles. The molecule has 0 radical (unpaired) electrons. The van der Waals surface area contributed by atoms with Crippen LogP contribution in [0.1, 0.15) is 11.3 Å². The zero-order valence-corrected chi connectivity index (χ0v) is 13.2. The van der Waals surface area contributed by atoms with Gasteiger partial charge < -0.3 is 18.9 Å². The quantitative estimate of drug-likeness (QED) is 0.738. The summed E-state index contributed by atoms with van der Waals surface area (Å²) in [6.45, 7) is 0.734. The van der Waals surface area contributed by atoms with Crippen LogP contribution in [-0.2, 0) is 17.8 Å². The van der Waals surface area contributed by atoms with Crippen molar-refractivity contribution >= 4 is 16.9 Å². The van der Waals surface area contributed by atoms with Crippen molar-refractivity contribution in [2.24, 2.45) is 0 Å². The Kier molecular flexibility index (Phi) is 3.57. The Morgan fingerprint density at radius 1 is 1.17 bits per heavy atom. The minimum Gasteiger partial charge on any atom is -0.454 e. The molecule has 0 fully saturated rings. The molecule has 24 heavy (non-hydrogen) atoms. The molecule has 2 aromatic carbocycles. The van der Waals surface area contributed by atoms with E-state index in [9.17, 15) is 4.79 Å². The Balaban J connectivity index is 1.46. The Labute approximate surface area is 138 Å². The fourth-order valence-electron chi connectivity index (χ4n) is 2.75. The van der Waals surface area contributed by atoms with Crippen LogP contribution >= 0.6 is 0 Å². The number of hydrogen-bond donors (Lipinski definition) is 0. The van der Waals surface area contributed by atoms with E-state index in [4.69, 9.17) is 14.0 Å². The van der Waals surface area contributed by atoms with E-state index in [0.29, 0.717) is 17.8 Å². The van der Waals surface area contributed by atoms with Crippen LogP contribution in [-0.4, -0.2) is 29.8 Å². The number of ether oxygens (including phenoxy) is 2. The summed E-state index contributed by atoms with van der Waals surface area (Å²) >= 11 is 0. The summed E-state index contributed by atoms with van der Waals surface area (Å²) in [7, 11) is 1.77. The summed E-state index contributed by atoms with van der Waals surface area (Å²) in [4.78, 5) is 14.1. The predicted molar refractivity (Wildman–Crippen MR) is 86.8 cm³/mol. The van der Waals surface area contributed by atoms with Crippen LogP contribution < -0.4 is 9.47 Å². The first-order valence-electron chi connectivity index (χ1n) is 7.66. The van der Waals surface area contributed by atoms with Gasteiger partial charge in [0.15, 0.2) is 17.1 Å². The first-order valence-corrected chi connectivity index (χ1v) is 7.66. The van der Waals surface area contributed by atoms with Crippen LogP contribution in [0.4, 0.5) is 0 Å². The van der Waals surface area contributed by atoms with Crippen molar-refractivity contribution < 1.29 is 18.8 Å². The second-order valence-electron chi connectivity index (χ2n) is 5.74. The number of likely N-dealkylation sites (N-methyl/N-ethyl adjacent to an activating group) is 1. The van der Waals surface area contributed by atoms with Crippen molar-refractivity contribution in [3.05, 3.63) is 53.7 Å². The van der Waals surface area contributed by atoms with Gasteiger partial charge in [-0.05, 0) is 29.8 Å². The van der Waals surface area contributed by atoms with E-state index in [-0.39, 0.29) is 19.1 Å². The van der Waals surface area contributed by atoms with E-state index in [2.05, 4.69) is 5.16 Å². The number of carbonyl (C=O) groups is 1. The fraction of sp³-hybridized carbons (Fsp3) is 0.222. The lowest BCUT2D eigenvalue weighted by Crippen LogP contribution is -2.27. The third-order valence-electron chi connectivity index (χ3n) is 4.05. The summed E-state index contributed by atoms with van der Waals surface area (Å²) in [5.74, 6) is 1.43. The topological polar surface area (TPSA) is 64.8 Å². The highest BCUT2D eigenvalue weighted by molar-refractivity contribution is 5.86. The lowest BCUT2D eigenvalue weighted by molar-refractivity contribution is -0.129. The molecule has 1 aromatic heterocycles. The molecular weight excluding hydrogens is 308 g/mol. The maximum atomic E-state index is 12.5. The van der Waals surface area contributed by atoms with Crippen LogP contribution in [0, 0.1) is 0 Å². The van der Waals surface area contributed by atoms with Gasteiger partial charge in [0.2, 0.25) is 12.7 Å². The number of carbonyl (C=O) groups excluding carboxylic acids is 1. The molecule has 1 aliphatic rings. The van der Waals surface area contributed by atoms with Gasteiger partial charge in [0.25, 0.3) is 0 Å². The summed E-state index contributed by atoms with van der Waals surface area (Å²) < 4.78 is 15.9. The molecular formula is C18H16N2O4. The monoisotopic (exact) mass is 324 g/mol. The molecule has 0 N–H and O–H groups in total. The molecule has 0 bridgehead atoms. The third kappa shape index (κ3) is 2.67. The van der Waals surface area contributed by atoms with Crippen LogP contribution in [0.3, 0.4) is 0 Å². The minimum absolute atomic E-state index is 0.0216. The first kappa shape index (κ1) is 14.6. The summed E-state index contributed by atoms with van der Waals surface area (Å²) in [5.41, 5.74) is 2.34. The Bertz CT molecular complexity index is 903. The zero-order valence-electron chi connectivity index (χ0n) is 13.2. The molecule has 122 valence electrons. The van der Waals surface area contributed by atoms with Gasteiger partial charge in [0, 0.05) is 19.0 Å². The second kappa shape index (κ2) is 5.88. The van der Waals surface area contributed by atoms with Crippen LogP contribution in [0.2, 0.25) is 0 Å². The molecule has 4 rings (SSSR count). The molecule has 0 aliphatic carbocycles. The van der Waals surface area contributed by atoms with Gasteiger partial charge in [0.05, 0.1) is 6.42 Å². The second-order valence-corrected chi connectivity index (χ2v) is 5.74. The molecule has 0 spiro atoms. The van der Waals surface area contributed by atoms with E-state index in [1.54, 1.807) is 11.9 Å². The van der Waals surface area contributed by atoms with E-state index in [0.717, 1.165) is 22.4 Å². The van der Waals surface area contributed by atoms with E-state index in [1.807, 2.05) is 42.5 Å². The van der Waals surface area contributed by atoms with Gasteiger partial charge in [0.1, 0.15) is 5.69 Å². The number of amides is 1. The molecule has 0 saturated heterocycles. The normalized spacial score (nSPS) is 12.5. The maximum Gasteiger partial charge on any atom is 0.231 e. The van der Waals surface area contributed by atoms with Gasteiger partial charge in [-0.25, -0.2) is 0 Å². The van der Waals surface area contributed by atoms with Crippen molar-refractivity contribution in [2.45, 2.75) is 13.0 Å². The molecule has 6 nitrogen and oxygen atoms in total. The Morgan fingerprint density at radius 3 is 2.92 bits per heavy atom. The standard InChI is InChI=1S/C18H16N2O4/c1-20(10-12-6-7-16-17(8-12)23-11-22-16)18(21)9-14-13-4-2-3-5-15(13)24-19-14/h2-8H,9-11H2,1H3. The number of nitrogens with zero attached hydrogens (tertiary/aromatic N) is 2.